The number of methoxy groups -OCH3 is 1. The molecule has 0 radical (unpaired) electrons. The number of ether oxygens (including phenoxy) is 1. The normalized spacial score (nSPS) is 51.3. The van der Waals surface area contributed by atoms with Gasteiger partial charge >= 0.3 is 0 Å². The molecule has 68 valence electrons. The molecule has 0 aromatic rings. The lowest BCUT2D eigenvalue weighted by molar-refractivity contribution is 0.0651. The number of hydrogen-bond acceptors (Lipinski definition) is 3. The zero-order valence-corrected chi connectivity index (χ0v) is 7.70. The molecule has 0 aliphatic heterocycles. The zero-order valence-electron chi connectivity index (χ0n) is 6.94. The molecular formula is C8H12ClNO2. The van der Waals surface area contributed by atoms with Gasteiger partial charge in [-0.05, 0) is 12.8 Å². The molecule has 4 heteroatoms. The number of nitrogens with zero attached hydrogens (tertiary/aromatic N) is 1. The maximum atomic E-state index is 10.5. The van der Waals surface area contributed by atoms with Crippen LogP contribution < -0.4 is 0 Å². The number of rotatable bonds is 2. The lowest BCUT2D eigenvalue weighted by Gasteiger charge is -2.18. The van der Waals surface area contributed by atoms with E-state index in [2.05, 4.69) is 5.18 Å². The monoisotopic (exact) mass is 189 g/mol. The van der Waals surface area contributed by atoms with Gasteiger partial charge in [-0.15, -0.1) is 11.6 Å². The van der Waals surface area contributed by atoms with Crippen molar-refractivity contribution >= 4 is 11.6 Å². The molecule has 0 heterocycles. The first-order chi connectivity index (χ1) is 5.79. The van der Waals surface area contributed by atoms with E-state index in [4.69, 9.17) is 16.3 Å². The van der Waals surface area contributed by atoms with Crippen molar-refractivity contribution in [3.05, 3.63) is 4.91 Å². The van der Waals surface area contributed by atoms with Crippen LogP contribution in [0.25, 0.3) is 0 Å². The molecular weight excluding hydrogens is 178 g/mol. The Kier molecular flexibility index (Phi) is 2.09. The van der Waals surface area contributed by atoms with Gasteiger partial charge in [0.1, 0.15) is 6.04 Å². The van der Waals surface area contributed by atoms with E-state index in [0.717, 1.165) is 12.8 Å². The van der Waals surface area contributed by atoms with E-state index in [-0.39, 0.29) is 23.4 Å². The van der Waals surface area contributed by atoms with E-state index >= 15 is 0 Å². The first-order valence-corrected chi connectivity index (χ1v) is 4.72. The highest BCUT2D eigenvalue weighted by molar-refractivity contribution is 6.21. The van der Waals surface area contributed by atoms with Crippen LogP contribution in [0.1, 0.15) is 12.8 Å². The van der Waals surface area contributed by atoms with Crippen LogP contribution in [0.15, 0.2) is 5.18 Å². The van der Waals surface area contributed by atoms with Gasteiger partial charge in [0.05, 0.1) is 11.5 Å². The average Bonchev–Trinajstić information content (AvgIpc) is 2.58. The molecule has 2 fully saturated rings. The molecule has 5 atom stereocenters. The quantitative estimate of drug-likeness (QED) is 0.491. The number of nitroso groups, excluding NO2 is 1. The maximum Gasteiger partial charge on any atom is 0.114 e. The van der Waals surface area contributed by atoms with Gasteiger partial charge in [0, 0.05) is 18.9 Å². The summed E-state index contributed by atoms with van der Waals surface area (Å²) in [7, 11) is 1.69. The number of halogens is 1. The minimum absolute atomic E-state index is 0.0915. The zero-order chi connectivity index (χ0) is 8.72. The molecule has 2 aliphatic carbocycles. The third kappa shape index (κ3) is 0.927. The highest BCUT2D eigenvalue weighted by Gasteiger charge is 2.55. The van der Waals surface area contributed by atoms with Crippen molar-refractivity contribution in [3.8, 4) is 0 Å². The highest BCUT2D eigenvalue weighted by atomic mass is 35.5. The highest BCUT2D eigenvalue weighted by Crippen LogP contribution is 2.49. The van der Waals surface area contributed by atoms with Crippen molar-refractivity contribution in [1.29, 1.82) is 0 Å². The summed E-state index contributed by atoms with van der Waals surface area (Å²) >= 11 is 6.07. The lowest BCUT2D eigenvalue weighted by atomic mass is 9.96. The number of hydrogen-bond donors (Lipinski definition) is 0. The molecule has 3 nitrogen and oxygen atoms in total. The first-order valence-electron chi connectivity index (χ1n) is 4.29. The fourth-order valence-electron chi connectivity index (χ4n) is 2.71. The Bertz CT molecular complexity index is 199. The second-order valence-corrected chi connectivity index (χ2v) is 4.15. The van der Waals surface area contributed by atoms with Crippen LogP contribution in [0.5, 0.6) is 0 Å². The van der Waals surface area contributed by atoms with Gasteiger partial charge in [-0.2, -0.15) is 4.91 Å². The summed E-state index contributed by atoms with van der Waals surface area (Å²) in [5.41, 5.74) is 0. The molecule has 0 aromatic heterocycles. The fraction of sp³-hybridized carbons (Fsp3) is 1.00. The van der Waals surface area contributed by atoms with E-state index in [1.54, 1.807) is 7.11 Å². The largest absolute Gasteiger partial charge is 0.381 e. The lowest BCUT2D eigenvalue weighted by Crippen LogP contribution is -2.25. The summed E-state index contributed by atoms with van der Waals surface area (Å²) in [6, 6.07) is -0.213. The Balaban J connectivity index is 2.20. The van der Waals surface area contributed by atoms with Crippen LogP contribution in [-0.2, 0) is 4.74 Å². The van der Waals surface area contributed by atoms with E-state index in [1.807, 2.05) is 0 Å². The second-order valence-electron chi connectivity index (χ2n) is 3.65. The molecule has 2 saturated carbocycles. The Morgan fingerprint density at radius 3 is 2.50 bits per heavy atom. The summed E-state index contributed by atoms with van der Waals surface area (Å²) in [6.45, 7) is 0. The summed E-state index contributed by atoms with van der Waals surface area (Å²) in [4.78, 5) is 10.5. The Morgan fingerprint density at radius 1 is 1.42 bits per heavy atom. The minimum atomic E-state index is -0.213. The maximum absolute atomic E-state index is 10.5. The minimum Gasteiger partial charge on any atom is -0.381 e. The Hall–Kier alpha value is -0.150. The van der Waals surface area contributed by atoms with Crippen molar-refractivity contribution < 1.29 is 4.74 Å². The van der Waals surface area contributed by atoms with Gasteiger partial charge in [0.15, 0.2) is 0 Å². The van der Waals surface area contributed by atoms with Gasteiger partial charge in [-0.1, -0.05) is 5.18 Å². The third-order valence-corrected chi connectivity index (χ3v) is 3.83. The van der Waals surface area contributed by atoms with Crippen LogP contribution in [0.4, 0.5) is 0 Å². The standard InChI is InChI=1S/C8H12ClNO2/c1-12-8-4-2-3-5(8)7(10-11)6(4)9/h4-8H,2-3H2,1H3/t4-,5-,6+,7-,8+/m1/s1. The van der Waals surface area contributed by atoms with Crippen LogP contribution in [0, 0.1) is 16.7 Å². The van der Waals surface area contributed by atoms with Crippen LogP contribution in [-0.4, -0.2) is 24.6 Å². The van der Waals surface area contributed by atoms with Crippen LogP contribution in [0.2, 0.25) is 0 Å². The summed E-state index contributed by atoms with van der Waals surface area (Å²) in [6.07, 6.45) is 2.31. The molecule has 0 unspecified atom stereocenters. The topological polar surface area (TPSA) is 38.7 Å². The molecule has 12 heavy (non-hydrogen) atoms. The van der Waals surface area contributed by atoms with Crippen molar-refractivity contribution in [3.63, 3.8) is 0 Å². The molecule has 2 rings (SSSR count). The molecule has 0 aromatic carbocycles. The predicted octanol–water partition coefficient (Wildman–Crippen LogP) is 1.78. The molecule has 0 saturated heterocycles. The molecule has 0 spiro atoms. The van der Waals surface area contributed by atoms with Crippen molar-refractivity contribution in [2.75, 3.05) is 7.11 Å². The molecule has 2 bridgehead atoms. The van der Waals surface area contributed by atoms with E-state index in [1.165, 1.54) is 0 Å². The summed E-state index contributed by atoms with van der Waals surface area (Å²) in [5, 5.41) is 3.00. The number of alkyl halides is 1. The Morgan fingerprint density at radius 2 is 2.08 bits per heavy atom. The van der Waals surface area contributed by atoms with Crippen molar-refractivity contribution in [1.82, 2.24) is 0 Å². The molecule has 2 aliphatic rings. The molecule has 0 N–H and O–H groups in total. The van der Waals surface area contributed by atoms with Gasteiger partial charge in [0.2, 0.25) is 0 Å². The van der Waals surface area contributed by atoms with Crippen LogP contribution >= 0.6 is 11.6 Å². The van der Waals surface area contributed by atoms with Crippen molar-refractivity contribution in [2.24, 2.45) is 17.0 Å². The average molecular weight is 190 g/mol. The molecule has 0 amide bonds. The van der Waals surface area contributed by atoms with Crippen molar-refractivity contribution in [2.45, 2.75) is 30.4 Å². The number of fused-ring (bicyclic) bond motifs is 2. The van der Waals surface area contributed by atoms with Gasteiger partial charge < -0.3 is 4.74 Å². The van der Waals surface area contributed by atoms with Gasteiger partial charge in [-0.25, -0.2) is 0 Å². The fourth-order valence-corrected chi connectivity index (χ4v) is 3.21. The second kappa shape index (κ2) is 2.96. The van der Waals surface area contributed by atoms with E-state index in [9.17, 15) is 4.91 Å². The Labute approximate surface area is 76.4 Å². The smallest absolute Gasteiger partial charge is 0.114 e. The predicted molar refractivity (Wildman–Crippen MR) is 46.2 cm³/mol. The van der Waals surface area contributed by atoms with E-state index < -0.39 is 0 Å². The first kappa shape index (κ1) is 8.45. The summed E-state index contributed by atoms with van der Waals surface area (Å²) < 4.78 is 5.32. The SMILES string of the molecule is CO[C@H]1[C@@H]2CC[C@@H]1[C@@H](N=O)[C@H]2Cl. The third-order valence-electron chi connectivity index (χ3n) is 3.25. The van der Waals surface area contributed by atoms with Gasteiger partial charge in [-0.3, -0.25) is 0 Å². The van der Waals surface area contributed by atoms with Crippen LogP contribution in [0.3, 0.4) is 0 Å². The summed E-state index contributed by atoms with van der Waals surface area (Å²) in [5.74, 6) is 0.629. The van der Waals surface area contributed by atoms with E-state index in [0.29, 0.717) is 5.92 Å². The van der Waals surface area contributed by atoms with Gasteiger partial charge in [0.25, 0.3) is 0 Å².